The van der Waals surface area contributed by atoms with Gasteiger partial charge in [0.05, 0.1) is 6.42 Å². The van der Waals surface area contributed by atoms with Crippen LogP contribution in [0.25, 0.3) is 0 Å². The molecule has 14 heavy (non-hydrogen) atoms. The van der Waals surface area contributed by atoms with Crippen molar-refractivity contribution in [1.29, 1.82) is 0 Å². The zero-order valence-corrected chi connectivity index (χ0v) is 8.37. The van der Waals surface area contributed by atoms with Crippen LogP contribution in [-0.2, 0) is 14.4 Å². The van der Waals surface area contributed by atoms with Crippen LogP contribution >= 0.6 is 0 Å². The van der Waals surface area contributed by atoms with Gasteiger partial charge in [-0.15, -0.1) is 0 Å². The molecule has 80 valence electrons. The van der Waals surface area contributed by atoms with Crippen molar-refractivity contribution in [1.82, 2.24) is 5.32 Å². The summed E-state index contributed by atoms with van der Waals surface area (Å²) >= 11 is 0. The lowest BCUT2D eigenvalue weighted by Crippen LogP contribution is -2.35. The first-order chi connectivity index (χ1) is 6.41. The maximum Gasteiger partial charge on any atom is 0.305 e. The number of carbonyl (C=O) groups excluding carboxylic acids is 2. The van der Waals surface area contributed by atoms with Gasteiger partial charge in [0.2, 0.25) is 5.91 Å². The third kappa shape index (κ3) is 7.27. The minimum absolute atomic E-state index is 0.00857. The highest BCUT2D eigenvalue weighted by Crippen LogP contribution is 2.02. The van der Waals surface area contributed by atoms with Gasteiger partial charge in [0.1, 0.15) is 5.78 Å². The molecule has 0 heterocycles. The number of aliphatic carboxylic acids is 1. The molecule has 0 rings (SSSR count). The average Bonchev–Trinajstić information content (AvgIpc) is 1.97. The number of carboxylic acids is 1. The van der Waals surface area contributed by atoms with Crippen LogP contribution in [0.3, 0.4) is 0 Å². The second kappa shape index (κ2) is 6.12. The van der Waals surface area contributed by atoms with E-state index in [2.05, 4.69) is 5.32 Å². The van der Waals surface area contributed by atoms with Crippen LogP contribution in [-0.4, -0.2) is 28.8 Å². The van der Waals surface area contributed by atoms with Gasteiger partial charge in [-0.25, -0.2) is 0 Å². The van der Waals surface area contributed by atoms with Gasteiger partial charge < -0.3 is 15.2 Å². The molecule has 5 nitrogen and oxygen atoms in total. The Balaban J connectivity index is 4.03. The van der Waals surface area contributed by atoms with E-state index in [0.717, 1.165) is 0 Å². The van der Waals surface area contributed by atoms with E-state index in [9.17, 15) is 14.4 Å². The highest BCUT2D eigenvalue weighted by Gasteiger charge is 2.14. The summed E-state index contributed by atoms with van der Waals surface area (Å²) in [6, 6.07) is -0.450. The van der Waals surface area contributed by atoms with E-state index < -0.39 is 12.0 Å². The van der Waals surface area contributed by atoms with Crippen molar-refractivity contribution in [2.45, 2.75) is 39.2 Å². The van der Waals surface area contributed by atoms with E-state index in [4.69, 9.17) is 5.11 Å². The second-order valence-corrected chi connectivity index (χ2v) is 3.24. The quantitative estimate of drug-likeness (QED) is 0.648. The number of carboxylic acid groups (broad SMARTS) is 1. The fraction of sp³-hybridized carbons (Fsp3) is 0.667. The van der Waals surface area contributed by atoms with Crippen LogP contribution in [0.5, 0.6) is 0 Å². The normalized spacial score (nSPS) is 11.9. The number of hydrogen-bond acceptors (Lipinski definition) is 3. The molecule has 0 saturated heterocycles. The predicted molar refractivity (Wildman–Crippen MR) is 49.8 cm³/mol. The standard InChI is InChI=1S/C9H15NO4/c1-6(11)3-4-8(5-9(13)14)10-7(2)12/h8H,3-5H2,1-2H3,(H,10,12)(H,13,14). The van der Waals surface area contributed by atoms with E-state index in [1.807, 2.05) is 0 Å². The summed E-state index contributed by atoms with van der Waals surface area (Å²) < 4.78 is 0. The number of carbonyl (C=O) groups is 3. The van der Waals surface area contributed by atoms with Crippen LogP contribution in [0, 0.1) is 0 Å². The van der Waals surface area contributed by atoms with Crippen LogP contribution < -0.4 is 5.32 Å². The van der Waals surface area contributed by atoms with Crippen molar-refractivity contribution >= 4 is 17.7 Å². The first-order valence-electron chi connectivity index (χ1n) is 4.40. The average molecular weight is 201 g/mol. The smallest absolute Gasteiger partial charge is 0.305 e. The molecule has 1 atom stereocenters. The van der Waals surface area contributed by atoms with Crippen molar-refractivity contribution in [3.8, 4) is 0 Å². The number of rotatable bonds is 6. The molecule has 0 radical (unpaired) electrons. The number of Topliss-reactive ketones (excluding diaryl/α,β-unsaturated/α-hetero) is 1. The van der Waals surface area contributed by atoms with Gasteiger partial charge in [-0.2, -0.15) is 0 Å². The molecule has 0 aromatic carbocycles. The number of nitrogens with one attached hydrogen (secondary N) is 1. The molecule has 5 heteroatoms. The number of ketones is 1. The summed E-state index contributed by atoms with van der Waals surface area (Å²) in [7, 11) is 0. The van der Waals surface area contributed by atoms with E-state index in [1.54, 1.807) is 0 Å². The van der Waals surface area contributed by atoms with Gasteiger partial charge >= 0.3 is 5.97 Å². The zero-order chi connectivity index (χ0) is 11.1. The Morgan fingerprint density at radius 2 is 1.86 bits per heavy atom. The maximum absolute atomic E-state index is 10.7. The van der Waals surface area contributed by atoms with E-state index in [-0.39, 0.29) is 24.5 Å². The lowest BCUT2D eigenvalue weighted by atomic mass is 10.1. The third-order valence-corrected chi connectivity index (χ3v) is 1.67. The molecule has 0 saturated carbocycles. The largest absolute Gasteiger partial charge is 0.481 e. The minimum Gasteiger partial charge on any atom is -0.481 e. The lowest BCUT2D eigenvalue weighted by molar-refractivity contribution is -0.138. The Hall–Kier alpha value is -1.39. The Kier molecular flexibility index (Phi) is 5.52. The fourth-order valence-corrected chi connectivity index (χ4v) is 1.10. The van der Waals surface area contributed by atoms with E-state index >= 15 is 0 Å². The third-order valence-electron chi connectivity index (χ3n) is 1.67. The molecule has 0 aliphatic carbocycles. The van der Waals surface area contributed by atoms with Crippen LogP contribution in [0.4, 0.5) is 0 Å². The number of amides is 1. The van der Waals surface area contributed by atoms with Gasteiger partial charge in [0.15, 0.2) is 0 Å². The molecular formula is C9H15NO4. The molecule has 0 bridgehead atoms. The van der Waals surface area contributed by atoms with E-state index in [0.29, 0.717) is 6.42 Å². The predicted octanol–water partition coefficient (Wildman–Crippen LogP) is 0.335. The van der Waals surface area contributed by atoms with Gasteiger partial charge in [0, 0.05) is 19.4 Å². The molecule has 0 aromatic heterocycles. The molecule has 1 amide bonds. The maximum atomic E-state index is 10.7. The van der Waals surface area contributed by atoms with Crippen LogP contribution in [0.15, 0.2) is 0 Å². The Morgan fingerprint density at radius 1 is 1.29 bits per heavy atom. The zero-order valence-electron chi connectivity index (χ0n) is 8.37. The second-order valence-electron chi connectivity index (χ2n) is 3.24. The molecule has 0 fully saturated rings. The SMILES string of the molecule is CC(=O)CCC(CC(=O)O)NC(C)=O. The van der Waals surface area contributed by atoms with Crippen LogP contribution in [0.1, 0.15) is 33.1 Å². The highest BCUT2D eigenvalue weighted by molar-refractivity contribution is 5.77. The molecule has 2 N–H and O–H groups in total. The van der Waals surface area contributed by atoms with Crippen molar-refractivity contribution in [2.24, 2.45) is 0 Å². The summed E-state index contributed by atoms with van der Waals surface area (Å²) in [4.78, 5) is 31.8. The summed E-state index contributed by atoms with van der Waals surface area (Å²) in [6.07, 6.45) is 0.520. The van der Waals surface area contributed by atoms with Gasteiger partial charge in [-0.05, 0) is 13.3 Å². The monoisotopic (exact) mass is 201 g/mol. The summed E-state index contributed by atoms with van der Waals surface area (Å²) in [5.41, 5.74) is 0. The van der Waals surface area contributed by atoms with E-state index in [1.165, 1.54) is 13.8 Å². The molecule has 0 aromatic rings. The summed E-state index contributed by atoms with van der Waals surface area (Å²) in [5, 5.41) is 11.0. The summed E-state index contributed by atoms with van der Waals surface area (Å²) in [5.74, 6) is -1.27. The molecule has 1 unspecified atom stereocenters. The molecule has 0 aliphatic rings. The highest BCUT2D eigenvalue weighted by atomic mass is 16.4. The topological polar surface area (TPSA) is 83.5 Å². The first-order valence-corrected chi connectivity index (χ1v) is 4.40. The minimum atomic E-state index is -0.979. The Morgan fingerprint density at radius 3 is 2.21 bits per heavy atom. The first kappa shape index (κ1) is 12.6. The lowest BCUT2D eigenvalue weighted by Gasteiger charge is -2.14. The van der Waals surface area contributed by atoms with Gasteiger partial charge in [0.25, 0.3) is 0 Å². The van der Waals surface area contributed by atoms with Crippen LogP contribution in [0.2, 0.25) is 0 Å². The molecule has 0 aliphatic heterocycles. The fourth-order valence-electron chi connectivity index (χ4n) is 1.10. The number of hydrogen-bond donors (Lipinski definition) is 2. The van der Waals surface area contributed by atoms with Gasteiger partial charge in [-0.3, -0.25) is 9.59 Å². The van der Waals surface area contributed by atoms with Crippen molar-refractivity contribution in [3.05, 3.63) is 0 Å². The van der Waals surface area contributed by atoms with Gasteiger partial charge in [-0.1, -0.05) is 0 Å². The molecule has 0 spiro atoms. The van der Waals surface area contributed by atoms with Crippen molar-refractivity contribution < 1.29 is 19.5 Å². The Bertz CT molecular complexity index is 221. The summed E-state index contributed by atoms with van der Waals surface area (Å²) in [6.45, 7) is 2.76. The molecular weight excluding hydrogens is 186 g/mol. The van der Waals surface area contributed by atoms with Crippen molar-refractivity contribution in [2.75, 3.05) is 0 Å². The van der Waals surface area contributed by atoms with Crippen molar-refractivity contribution in [3.63, 3.8) is 0 Å². The Labute approximate surface area is 82.5 Å².